The van der Waals surface area contributed by atoms with Gasteiger partial charge in [-0.25, -0.2) is 0 Å². The van der Waals surface area contributed by atoms with E-state index in [1.807, 2.05) is 71.6 Å². The fraction of sp³-hybridized carbons (Fsp3) is 0.192. The van der Waals surface area contributed by atoms with Crippen LogP contribution in [0.3, 0.4) is 0 Å². The molecule has 3 aromatic carbocycles. The van der Waals surface area contributed by atoms with Crippen molar-refractivity contribution >= 4 is 23.6 Å². The molecule has 0 bridgehead atoms. The number of likely N-dealkylation sites (tertiary alicyclic amines) is 1. The van der Waals surface area contributed by atoms with Crippen LogP contribution in [0, 0.1) is 11.3 Å². The zero-order valence-electron chi connectivity index (χ0n) is 17.5. The SMILES string of the molecule is N#Cc1ccccc1Sc1ccccc1C(=O)NC1CCN(C(=O)c2ccccc2)CC1. The Hall–Kier alpha value is -3.56. The first-order chi connectivity index (χ1) is 15.7. The molecular formula is C26H23N3O2S. The summed E-state index contributed by atoms with van der Waals surface area (Å²) in [5, 5.41) is 12.5. The topological polar surface area (TPSA) is 73.2 Å². The summed E-state index contributed by atoms with van der Waals surface area (Å²) < 4.78 is 0. The molecule has 0 spiro atoms. The Balaban J connectivity index is 1.39. The van der Waals surface area contributed by atoms with Crippen molar-refractivity contribution in [2.45, 2.75) is 28.7 Å². The molecule has 0 saturated carbocycles. The minimum Gasteiger partial charge on any atom is -0.349 e. The van der Waals surface area contributed by atoms with E-state index in [0.717, 1.165) is 22.6 Å². The van der Waals surface area contributed by atoms with Crippen molar-refractivity contribution in [3.05, 3.63) is 95.6 Å². The van der Waals surface area contributed by atoms with Gasteiger partial charge in [0.15, 0.2) is 0 Å². The van der Waals surface area contributed by atoms with Gasteiger partial charge in [0, 0.05) is 34.5 Å². The number of nitriles is 1. The van der Waals surface area contributed by atoms with Gasteiger partial charge >= 0.3 is 0 Å². The highest BCUT2D eigenvalue weighted by Gasteiger charge is 2.25. The summed E-state index contributed by atoms with van der Waals surface area (Å²) in [6.45, 7) is 1.23. The highest BCUT2D eigenvalue weighted by Crippen LogP contribution is 2.32. The molecule has 1 N–H and O–H groups in total. The monoisotopic (exact) mass is 441 g/mol. The number of rotatable bonds is 5. The summed E-state index contributed by atoms with van der Waals surface area (Å²) >= 11 is 1.42. The van der Waals surface area contributed by atoms with Crippen LogP contribution in [-0.4, -0.2) is 35.8 Å². The molecule has 0 atom stereocenters. The van der Waals surface area contributed by atoms with Crippen molar-refractivity contribution < 1.29 is 9.59 Å². The molecule has 2 amide bonds. The summed E-state index contributed by atoms with van der Waals surface area (Å²) in [6, 6.07) is 26.3. The maximum absolute atomic E-state index is 13.0. The van der Waals surface area contributed by atoms with E-state index in [-0.39, 0.29) is 17.9 Å². The van der Waals surface area contributed by atoms with E-state index in [9.17, 15) is 14.9 Å². The van der Waals surface area contributed by atoms with Gasteiger partial charge in [0.1, 0.15) is 6.07 Å². The number of hydrogen-bond acceptors (Lipinski definition) is 4. The second-order valence-corrected chi connectivity index (χ2v) is 8.70. The van der Waals surface area contributed by atoms with Crippen LogP contribution in [-0.2, 0) is 0 Å². The fourth-order valence-corrected chi connectivity index (χ4v) is 4.79. The van der Waals surface area contributed by atoms with Gasteiger partial charge < -0.3 is 10.2 Å². The number of hydrogen-bond donors (Lipinski definition) is 1. The second-order valence-electron chi connectivity index (χ2n) is 7.61. The van der Waals surface area contributed by atoms with E-state index in [1.54, 1.807) is 12.1 Å². The number of amides is 2. The molecule has 0 radical (unpaired) electrons. The van der Waals surface area contributed by atoms with Gasteiger partial charge in [-0.1, -0.05) is 54.2 Å². The maximum atomic E-state index is 13.0. The zero-order valence-corrected chi connectivity index (χ0v) is 18.3. The van der Waals surface area contributed by atoms with Gasteiger partial charge in [-0.2, -0.15) is 5.26 Å². The number of piperidine rings is 1. The lowest BCUT2D eigenvalue weighted by molar-refractivity contribution is 0.0698. The van der Waals surface area contributed by atoms with Crippen LogP contribution in [0.4, 0.5) is 0 Å². The van der Waals surface area contributed by atoms with E-state index in [2.05, 4.69) is 11.4 Å². The molecule has 5 nitrogen and oxygen atoms in total. The Morgan fingerprint density at radius 2 is 1.50 bits per heavy atom. The molecule has 1 aliphatic rings. The second kappa shape index (κ2) is 10.2. The predicted molar refractivity (Wildman–Crippen MR) is 125 cm³/mol. The number of benzene rings is 3. The molecule has 1 heterocycles. The lowest BCUT2D eigenvalue weighted by Gasteiger charge is -2.32. The summed E-state index contributed by atoms with van der Waals surface area (Å²) in [5.41, 5.74) is 1.87. The zero-order chi connectivity index (χ0) is 22.3. The van der Waals surface area contributed by atoms with Gasteiger partial charge in [-0.05, 0) is 49.2 Å². The molecule has 6 heteroatoms. The first-order valence-electron chi connectivity index (χ1n) is 10.6. The number of nitrogens with one attached hydrogen (secondary N) is 1. The Morgan fingerprint density at radius 1 is 0.875 bits per heavy atom. The van der Waals surface area contributed by atoms with E-state index in [0.29, 0.717) is 29.8 Å². The van der Waals surface area contributed by atoms with Crippen LogP contribution in [0.2, 0.25) is 0 Å². The van der Waals surface area contributed by atoms with Crippen LogP contribution in [0.15, 0.2) is 88.7 Å². The molecule has 1 fully saturated rings. The molecule has 4 rings (SSSR count). The minimum atomic E-state index is -0.129. The standard InChI is InChI=1S/C26H23N3O2S/c27-18-20-10-4-6-12-23(20)32-24-13-7-5-11-22(24)25(30)28-21-14-16-29(17-15-21)26(31)19-8-2-1-3-9-19/h1-13,21H,14-17H2,(H,28,30). The number of carbonyl (C=O) groups is 2. The predicted octanol–water partition coefficient (Wildman–Crippen LogP) is 4.74. The summed E-state index contributed by atoms with van der Waals surface area (Å²) in [6.07, 6.45) is 1.44. The first-order valence-corrected chi connectivity index (χ1v) is 11.4. The molecule has 1 saturated heterocycles. The van der Waals surface area contributed by atoms with Crippen molar-refractivity contribution in [3.63, 3.8) is 0 Å². The molecule has 3 aromatic rings. The molecule has 160 valence electrons. The summed E-state index contributed by atoms with van der Waals surface area (Å²) in [7, 11) is 0. The average molecular weight is 442 g/mol. The van der Waals surface area contributed by atoms with Gasteiger partial charge in [0.2, 0.25) is 0 Å². The van der Waals surface area contributed by atoms with Gasteiger partial charge in [0.25, 0.3) is 11.8 Å². The quantitative estimate of drug-likeness (QED) is 0.620. The Morgan fingerprint density at radius 3 is 2.22 bits per heavy atom. The minimum absolute atomic E-state index is 0.0202. The van der Waals surface area contributed by atoms with Crippen LogP contribution >= 0.6 is 11.8 Å². The highest BCUT2D eigenvalue weighted by atomic mass is 32.2. The Bertz CT molecular complexity index is 1150. The third kappa shape index (κ3) is 5.01. The Kier molecular flexibility index (Phi) is 6.88. The Labute approximate surface area is 192 Å². The third-order valence-corrected chi connectivity index (χ3v) is 6.65. The molecule has 0 aromatic heterocycles. The maximum Gasteiger partial charge on any atom is 0.253 e. The van der Waals surface area contributed by atoms with Crippen LogP contribution in [0.1, 0.15) is 39.1 Å². The van der Waals surface area contributed by atoms with Crippen molar-refractivity contribution in [1.29, 1.82) is 5.26 Å². The largest absolute Gasteiger partial charge is 0.349 e. The van der Waals surface area contributed by atoms with Crippen LogP contribution in [0.25, 0.3) is 0 Å². The van der Waals surface area contributed by atoms with Crippen molar-refractivity contribution in [2.75, 3.05) is 13.1 Å². The average Bonchev–Trinajstić information content (AvgIpc) is 2.85. The fourth-order valence-electron chi connectivity index (χ4n) is 3.76. The van der Waals surface area contributed by atoms with Crippen LogP contribution in [0.5, 0.6) is 0 Å². The lowest BCUT2D eigenvalue weighted by atomic mass is 10.0. The molecule has 0 unspecified atom stereocenters. The van der Waals surface area contributed by atoms with E-state index in [4.69, 9.17) is 0 Å². The van der Waals surface area contributed by atoms with E-state index < -0.39 is 0 Å². The normalized spacial score (nSPS) is 13.9. The van der Waals surface area contributed by atoms with Gasteiger partial charge in [-0.3, -0.25) is 9.59 Å². The molecule has 1 aliphatic heterocycles. The number of nitrogens with zero attached hydrogens (tertiary/aromatic N) is 2. The van der Waals surface area contributed by atoms with Gasteiger partial charge in [-0.15, -0.1) is 0 Å². The van der Waals surface area contributed by atoms with Crippen molar-refractivity contribution in [1.82, 2.24) is 10.2 Å². The number of carbonyl (C=O) groups excluding carboxylic acids is 2. The summed E-state index contributed by atoms with van der Waals surface area (Å²) in [5.74, 6) is -0.0938. The van der Waals surface area contributed by atoms with Crippen LogP contribution < -0.4 is 5.32 Å². The van der Waals surface area contributed by atoms with Crippen molar-refractivity contribution in [3.8, 4) is 6.07 Å². The van der Waals surface area contributed by atoms with Crippen molar-refractivity contribution in [2.24, 2.45) is 0 Å². The first kappa shape index (κ1) is 21.7. The van der Waals surface area contributed by atoms with E-state index >= 15 is 0 Å². The molecule has 0 aliphatic carbocycles. The van der Waals surface area contributed by atoms with E-state index in [1.165, 1.54) is 11.8 Å². The third-order valence-electron chi connectivity index (χ3n) is 5.50. The highest BCUT2D eigenvalue weighted by molar-refractivity contribution is 7.99. The summed E-state index contributed by atoms with van der Waals surface area (Å²) in [4.78, 5) is 29.2. The molecule has 32 heavy (non-hydrogen) atoms. The van der Waals surface area contributed by atoms with Gasteiger partial charge in [0.05, 0.1) is 11.1 Å². The smallest absolute Gasteiger partial charge is 0.253 e. The molecular weight excluding hydrogens is 418 g/mol. The lowest BCUT2D eigenvalue weighted by Crippen LogP contribution is -2.46.